The molecule has 0 aliphatic carbocycles. The number of carboxylic acid groups (broad SMARTS) is 1. The molecule has 2 rings (SSSR count). The molecule has 0 saturated carbocycles. The minimum absolute atomic E-state index is 0.229. The molecular formula is C13H15IN2O3. The zero-order valence-electron chi connectivity index (χ0n) is 10.3. The van der Waals surface area contributed by atoms with E-state index in [0.29, 0.717) is 13.0 Å². The Kier molecular flexibility index (Phi) is 4.62. The number of piperidine rings is 1. The number of amides is 2. The number of carbonyl (C=O) groups excluding carboxylic acids is 1. The summed E-state index contributed by atoms with van der Waals surface area (Å²) in [6.07, 6.45) is 1.37. The van der Waals surface area contributed by atoms with Crippen LogP contribution in [0.2, 0.25) is 0 Å². The Morgan fingerprint density at radius 3 is 2.63 bits per heavy atom. The van der Waals surface area contributed by atoms with E-state index in [2.05, 4.69) is 27.9 Å². The summed E-state index contributed by atoms with van der Waals surface area (Å²) in [4.78, 5) is 24.6. The van der Waals surface area contributed by atoms with Gasteiger partial charge >= 0.3 is 12.0 Å². The Morgan fingerprint density at radius 2 is 2.00 bits per heavy atom. The summed E-state index contributed by atoms with van der Waals surface area (Å²) in [5.41, 5.74) is 0.725. The quantitative estimate of drug-likeness (QED) is 0.782. The minimum Gasteiger partial charge on any atom is -0.481 e. The number of nitrogens with one attached hydrogen (secondary N) is 1. The van der Waals surface area contributed by atoms with Crippen molar-refractivity contribution in [2.75, 3.05) is 18.4 Å². The number of carboxylic acids is 1. The number of rotatable bonds is 2. The summed E-state index contributed by atoms with van der Waals surface area (Å²) in [7, 11) is 0. The first-order valence-electron chi connectivity index (χ1n) is 6.10. The average Bonchev–Trinajstić information content (AvgIpc) is 2.41. The second kappa shape index (κ2) is 6.23. The van der Waals surface area contributed by atoms with Crippen molar-refractivity contribution in [1.82, 2.24) is 4.90 Å². The minimum atomic E-state index is -0.827. The summed E-state index contributed by atoms with van der Waals surface area (Å²) in [5, 5.41) is 11.8. The molecule has 1 aromatic carbocycles. The van der Waals surface area contributed by atoms with Crippen LogP contribution in [0.25, 0.3) is 0 Å². The van der Waals surface area contributed by atoms with E-state index in [4.69, 9.17) is 5.11 Å². The molecule has 0 spiro atoms. The number of carbonyl (C=O) groups is 2. The number of hydrogen-bond donors (Lipinski definition) is 2. The Labute approximate surface area is 125 Å². The molecule has 6 heteroatoms. The third kappa shape index (κ3) is 3.82. The second-order valence-electron chi connectivity index (χ2n) is 4.56. The van der Waals surface area contributed by atoms with Crippen LogP contribution in [0.5, 0.6) is 0 Å². The number of urea groups is 1. The smallest absolute Gasteiger partial charge is 0.321 e. The number of hydrogen-bond acceptors (Lipinski definition) is 2. The van der Waals surface area contributed by atoms with Crippen molar-refractivity contribution < 1.29 is 14.7 Å². The molecule has 1 heterocycles. The lowest BCUT2D eigenvalue weighted by Crippen LogP contribution is -2.44. The largest absolute Gasteiger partial charge is 0.481 e. The van der Waals surface area contributed by atoms with Gasteiger partial charge in [-0.1, -0.05) is 0 Å². The van der Waals surface area contributed by atoms with Crippen LogP contribution in [-0.4, -0.2) is 35.1 Å². The summed E-state index contributed by atoms with van der Waals surface area (Å²) < 4.78 is 1.10. The fourth-order valence-electron chi connectivity index (χ4n) is 2.10. The first kappa shape index (κ1) is 14.1. The third-order valence-corrected chi connectivity index (χ3v) is 3.87. The van der Waals surface area contributed by atoms with Crippen LogP contribution in [0.1, 0.15) is 12.8 Å². The molecule has 19 heavy (non-hydrogen) atoms. The lowest BCUT2D eigenvalue weighted by Gasteiger charge is -2.30. The van der Waals surface area contributed by atoms with Crippen LogP contribution < -0.4 is 5.32 Å². The molecule has 2 amide bonds. The van der Waals surface area contributed by atoms with Crippen LogP contribution >= 0.6 is 22.6 Å². The van der Waals surface area contributed by atoms with Crippen molar-refractivity contribution in [2.45, 2.75) is 12.8 Å². The van der Waals surface area contributed by atoms with Gasteiger partial charge in [0, 0.05) is 22.3 Å². The fraction of sp³-hybridized carbons (Fsp3) is 0.385. The van der Waals surface area contributed by atoms with E-state index in [1.165, 1.54) is 0 Å². The Balaban J connectivity index is 1.96. The molecule has 1 fully saturated rings. The number of halogens is 1. The van der Waals surface area contributed by atoms with Gasteiger partial charge in [-0.25, -0.2) is 4.79 Å². The van der Waals surface area contributed by atoms with Crippen molar-refractivity contribution in [3.05, 3.63) is 27.8 Å². The summed E-state index contributed by atoms with van der Waals surface area (Å²) in [6.45, 7) is 0.894. The van der Waals surface area contributed by atoms with Gasteiger partial charge in [-0.15, -0.1) is 0 Å². The maximum absolute atomic E-state index is 12.0. The van der Waals surface area contributed by atoms with Gasteiger partial charge < -0.3 is 15.3 Å². The van der Waals surface area contributed by atoms with Crippen molar-refractivity contribution in [2.24, 2.45) is 5.92 Å². The molecule has 102 valence electrons. The van der Waals surface area contributed by atoms with E-state index in [-0.39, 0.29) is 12.6 Å². The molecule has 0 radical (unpaired) electrons. The van der Waals surface area contributed by atoms with Gasteiger partial charge in [0.15, 0.2) is 0 Å². The fourth-order valence-corrected chi connectivity index (χ4v) is 2.46. The predicted octanol–water partition coefficient (Wildman–Crippen LogP) is 2.62. The van der Waals surface area contributed by atoms with E-state index in [9.17, 15) is 9.59 Å². The van der Waals surface area contributed by atoms with Crippen molar-refractivity contribution >= 4 is 40.3 Å². The van der Waals surface area contributed by atoms with Crippen LogP contribution in [-0.2, 0) is 4.79 Å². The molecule has 1 aliphatic rings. The van der Waals surface area contributed by atoms with Gasteiger partial charge in [-0.3, -0.25) is 4.79 Å². The van der Waals surface area contributed by atoms with Crippen LogP contribution in [0.3, 0.4) is 0 Å². The van der Waals surface area contributed by atoms with E-state index in [1.54, 1.807) is 4.90 Å². The third-order valence-electron chi connectivity index (χ3n) is 3.15. The number of anilines is 1. The maximum atomic E-state index is 12.0. The molecule has 1 aromatic rings. The first-order valence-corrected chi connectivity index (χ1v) is 7.18. The molecule has 1 aliphatic heterocycles. The predicted molar refractivity (Wildman–Crippen MR) is 80.1 cm³/mol. The summed E-state index contributed by atoms with van der Waals surface area (Å²) >= 11 is 2.19. The SMILES string of the molecule is O=C(O)[C@@H]1CCCN(C(=O)Nc2ccc(I)cc2)C1. The highest BCUT2D eigenvalue weighted by molar-refractivity contribution is 14.1. The molecule has 5 nitrogen and oxygen atoms in total. The molecule has 2 N–H and O–H groups in total. The van der Waals surface area contributed by atoms with Gasteiger partial charge in [-0.2, -0.15) is 0 Å². The first-order chi connectivity index (χ1) is 9.06. The van der Waals surface area contributed by atoms with Crippen LogP contribution in [0.4, 0.5) is 10.5 Å². The topological polar surface area (TPSA) is 69.6 Å². The Bertz CT molecular complexity index is 475. The number of aliphatic carboxylic acids is 1. The monoisotopic (exact) mass is 374 g/mol. The van der Waals surface area contributed by atoms with Crippen LogP contribution in [0.15, 0.2) is 24.3 Å². The van der Waals surface area contributed by atoms with E-state index in [0.717, 1.165) is 15.7 Å². The number of likely N-dealkylation sites (tertiary alicyclic amines) is 1. The Morgan fingerprint density at radius 1 is 1.32 bits per heavy atom. The molecule has 1 saturated heterocycles. The molecule has 0 bridgehead atoms. The number of nitrogens with zero attached hydrogens (tertiary/aromatic N) is 1. The number of benzene rings is 1. The van der Waals surface area contributed by atoms with Gasteiger partial charge in [0.1, 0.15) is 0 Å². The van der Waals surface area contributed by atoms with Crippen molar-refractivity contribution in [1.29, 1.82) is 0 Å². The zero-order chi connectivity index (χ0) is 13.8. The standard InChI is InChI=1S/C13H15IN2O3/c14-10-3-5-11(6-4-10)15-13(19)16-7-1-2-9(8-16)12(17)18/h3-6,9H,1-2,7-8H2,(H,15,19)(H,17,18)/t9-/m1/s1. The van der Waals surface area contributed by atoms with E-state index in [1.807, 2.05) is 24.3 Å². The van der Waals surface area contributed by atoms with Gasteiger partial charge in [0.2, 0.25) is 0 Å². The van der Waals surface area contributed by atoms with Crippen LogP contribution in [0, 0.1) is 9.49 Å². The normalized spacial score (nSPS) is 19.0. The molecule has 0 aromatic heterocycles. The highest BCUT2D eigenvalue weighted by Gasteiger charge is 2.28. The lowest BCUT2D eigenvalue weighted by molar-refractivity contribution is -0.143. The molecule has 0 unspecified atom stereocenters. The summed E-state index contributed by atoms with van der Waals surface area (Å²) in [6, 6.07) is 7.25. The highest BCUT2D eigenvalue weighted by atomic mass is 127. The molecular weight excluding hydrogens is 359 g/mol. The van der Waals surface area contributed by atoms with E-state index < -0.39 is 11.9 Å². The molecule has 1 atom stereocenters. The van der Waals surface area contributed by atoms with Gasteiger partial charge in [0.25, 0.3) is 0 Å². The zero-order valence-corrected chi connectivity index (χ0v) is 12.5. The highest BCUT2D eigenvalue weighted by Crippen LogP contribution is 2.18. The second-order valence-corrected chi connectivity index (χ2v) is 5.81. The summed E-state index contributed by atoms with van der Waals surface area (Å²) in [5.74, 6) is -1.28. The van der Waals surface area contributed by atoms with Crippen molar-refractivity contribution in [3.8, 4) is 0 Å². The van der Waals surface area contributed by atoms with E-state index >= 15 is 0 Å². The van der Waals surface area contributed by atoms with Gasteiger partial charge in [0.05, 0.1) is 5.92 Å². The van der Waals surface area contributed by atoms with Gasteiger partial charge in [-0.05, 0) is 59.7 Å². The lowest BCUT2D eigenvalue weighted by atomic mass is 9.99. The Hall–Kier alpha value is -1.31. The maximum Gasteiger partial charge on any atom is 0.321 e. The van der Waals surface area contributed by atoms with Crippen molar-refractivity contribution in [3.63, 3.8) is 0 Å². The average molecular weight is 374 g/mol.